The number of aromatic nitrogens is 3. The Kier molecular flexibility index (Phi) is 3.94. The van der Waals surface area contributed by atoms with Crippen LogP contribution in [-0.2, 0) is 0 Å². The molecule has 1 N–H and O–H groups in total. The van der Waals surface area contributed by atoms with Crippen molar-refractivity contribution in [1.82, 2.24) is 20.5 Å². The quantitative estimate of drug-likeness (QED) is 0.802. The second-order valence-electron chi connectivity index (χ2n) is 4.43. The Bertz CT molecular complexity index is 729. The standard InChI is InChI=1S/C15H13ClN4O/c1-17-13(10-5-3-2-4-6-10)15-20-19-14(21-15)11-7-8-18-9-12(11)16/h2-9,13,17H,1H3. The summed E-state index contributed by atoms with van der Waals surface area (Å²) in [6, 6.07) is 11.5. The molecular formula is C15H13ClN4O. The van der Waals surface area contributed by atoms with Crippen molar-refractivity contribution < 1.29 is 4.42 Å². The van der Waals surface area contributed by atoms with Gasteiger partial charge in [-0.05, 0) is 18.7 Å². The molecule has 1 atom stereocenters. The Morgan fingerprint density at radius 1 is 1.14 bits per heavy atom. The number of benzene rings is 1. The van der Waals surface area contributed by atoms with Crippen molar-refractivity contribution in [2.45, 2.75) is 6.04 Å². The zero-order valence-corrected chi connectivity index (χ0v) is 12.1. The van der Waals surface area contributed by atoms with Crippen molar-refractivity contribution in [3.63, 3.8) is 0 Å². The number of hydrogen-bond acceptors (Lipinski definition) is 5. The van der Waals surface area contributed by atoms with Gasteiger partial charge in [0.1, 0.15) is 6.04 Å². The molecule has 0 amide bonds. The van der Waals surface area contributed by atoms with E-state index in [2.05, 4.69) is 20.5 Å². The lowest BCUT2D eigenvalue weighted by Gasteiger charge is -2.11. The first kappa shape index (κ1) is 13.7. The molecule has 0 aliphatic rings. The van der Waals surface area contributed by atoms with E-state index in [0.29, 0.717) is 22.4 Å². The Balaban J connectivity index is 1.96. The molecule has 0 fully saturated rings. The number of hydrogen-bond donors (Lipinski definition) is 1. The van der Waals surface area contributed by atoms with Gasteiger partial charge in [0.05, 0.1) is 10.6 Å². The van der Waals surface area contributed by atoms with Crippen LogP contribution in [0.1, 0.15) is 17.5 Å². The number of nitrogens with one attached hydrogen (secondary N) is 1. The fourth-order valence-corrected chi connectivity index (χ4v) is 2.29. The molecule has 5 nitrogen and oxygen atoms in total. The number of nitrogens with zero attached hydrogens (tertiary/aromatic N) is 3. The Morgan fingerprint density at radius 2 is 1.95 bits per heavy atom. The maximum atomic E-state index is 6.09. The largest absolute Gasteiger partial charge is 0.419 e. The van der Waals surface area contributed by atoms with Crippen LogP contribution in [0.25, 0.3) is 11.5 Å². The molecule has 3 aromatic rings. The van der Waals surface area contributed by atoms with Crippen molar-refractivity contribution in [3.8, 4) is 11.5 Å². The molecule has 0 saturated carbocycles. The zero-order valence-electron chi connectivity index (χ0n) is 11.3. The molecular weight excluding hydrogens is 288 g/mol. The Morgan fingerprint density at radius 3 is 2.67 bits per heavy atom. The normalized spacial score (nSPS) is 12.3. The minimum absolute atomic E-state index is 0.159. The monoisotopic (exact) mass is 300 g/mol. The first-order chi connectivity index (χ1) is 10.3. The topological polar surface area (TPSA) is 63.8 Å². The zero-order chi connectivity index (χ0) is 14.7. The smallest absolute Gasteiger partial charge is 0.249 e. The molecule has 3 rings (SSSR count). The summed E-state index contributed by atoms with van der Waals surface area (Å²) in [6.07, 6.45) is 3.19. The highest BCUT2D eigenvalue weighted by molar-refractivity contribution is 6.32. The summed E-state index contributed by atoms with van der Waals surface area (Å²) >= 11 is 6.09. The summed E-state index contributed by atoms with van der Waals surface area (Å²) in [5.74, 6) is 0.875. The van der Waals surface area contributed by atoms with E-state index in [1.807, 2.05) is 37.4 Å². The maximum absolute atomic E-state index is 6.09. The molecule has 2 heterocycles. The molecule has 1 aromatic carbocycles. The highest BCUT2D eigenvalue weighted by atomic mass is 35.5. The predicted molar refractivity (Wildman–Crippen MR) is 79.9 cm³/mol. The van der Waals surface area contributed by atoms with Gasteiger partial charge in [-0.25, -0.2) is 0 Å². The third kappa shape index (κ3) is 2.79. The fraction of sp³-hybridized carbons (Fsp3) is 0.133. The SMILES string of the molecule is CNC(c1ccccc1)c1nnc(-c2ccncc2Cl)o1. The molecule has 1 unspecified atom stereocenters. The number of halogens is 1. The highest BCUT2D eigenvalue weighted by Crippen LogP contribution is 2.28. The summed E-state index contributed by atoms with van der Waals surface area (Å²) in [4.78, 5) is 3.94. The summed E-state index contributed by atoms with van der Waals surface area (Å²) in [6.45, 7) is 0. The molecule has 0 radical (unpaired) electrons. The van der Waals surface area contributed by atoms with Gasteiger partial charge >= 0.3 is 0 Å². The minimum atomic E-state index is -0.159. The Hall–Kier alpha value is -2.24. The average Bonchev–Trinajstić information content (AvgIpc) is 2.99. The summed E-state index contributed by atoms with van der Waals surface area (Å²) in [5.41, 5.74) is 1.73. The van der Waals surface area contributed by atoms with Crippen molar-refractivity contribution in [2.24, 2.45) is 0 Å². The lowest BCUT2D eigenvalue weighted by molar-refractivity contribution is 0.456. The van der Waals surface area contributed by atoms with E-state index in [9.17, 15) is 0 Å². The Labute approximate surface area is 127 Å². The summed E-state index contributed by atoms with van der Waals surface area (Å²) in [5, 5.41) is 11.8. The van der Waals surface area contributed by atoms with Crippen LogP contribution in [0.4, 0.5) is 0 Å². The lowest BCUT2D eigenvalue weighted by atomic mass is 10.1. The summed E-state index contributed by atoms with van der Waals surface area (Å²) < 4.78 is 5.76. The number of pyridine rings is 1. The van der Waals surface area contributed by atoms with Crippen LogP contribution in [-0.4, -0.2) is 22.2 Å². The van der Waals surface area contributed by atoms with Gasteiger partial charge in [0.2, 0.25) is 11.8 Å². The van der Waals surface area contributed by atoms with Crippen molar-refractivity contribution in [3.05, 3.63) is 65.3 Å². The lowest BCUT2D eigenvalue weighted by Crippen LogP contribution is -2.17. The van der Waals surface area contributed by atoms with E-state index >= 15 is 0 Å². The summed E-state index contributed by atoms with van der Waals surface area (Å²) in [7, 11) is 1.85. The van der Waals surface area contributed by atoms with Crippen LogP contribution in [0.2, 0.25) is 5.02 Å². The van der Waals surface area contributed by atoms with E-state index in [1.54, 1.807) is 18.5 Å². The van der Waals surface area contributed by atoms with E-state index in [4.69, 9.17) is 16.0 Å². The van der Waals surface area contributed by atoms with Crippen LogP contribution in [0.5, 0.6) is 0 Å². The third-order valence-electron chi connectivity index (χ3n) is 3.11. The molecule has 0 saturated heterocycles. The van der Waals surface area contributed by atoms with Crippen molar-refractivity contribution >= 4 is 11.6 Å². The van der Waals surface area contributed by atoms with Gasteiger partial charge in [0.25, 0.3) is 0 Å². The molecule has 0 aliphatic carbocycles. The molecule has 6 heteroatoms. The molecule has 0 aliphatic heterocycles. The van der Waals surface area contributed by atoms with Crippen LogP contribution in [0.15, 0.2) is 53.2 Å². The van der Waals surface area contributed by atoms with E-state index in [1.165, 1.54) is 0 Å². The van der Waals surface area contributed by atoms with E-state index < -0.39 is 0 Å². The van der Waals surface area contributed by atoms with Crippen LogP contribution in [0, 0.1) is 0 Å². The minimum Gasteiger partial charge on any atom is -0.419 e. The fourth-order valence-electron chi connectivity index (χ4n) is 2.09. The van der Waals surface area contributed by atoms with Gasteiger partial charge in [-0.15, -0.1) is 10.2 Å². The first-order valence-corrected chi connectivity index (χ1v) is 6.83. The van der Waals surface area contributed by atoms with Crippen LogP contribution < -0.4 is 5.32 Å². The molecule has 0 bridgehead atoms. The van der Waals surface area contributed by atoms with Gasteiger partial charge in [0, 0.05) is 12.4 Å². The predicted octanol–water partition coefficient (Wildman–Crippen LogP) is 3.09. The third-order valence-corrected chi connectivity index (χ3v) is 3.41. The first-order valence-electron chi connectivity index (χ1n) is 6.45. The van der Waals surface area contributed by atoms with Crippen LogP contribution in [0.3, 0.4) is 0 Å². The molecule has 2 aromatic heterocycles. The van der Waals surface area contributed by atoms with Gasteiger partial charge in [-0.3, -0.25) is 4.98 Å². The van der Waals surface area contributed by atoms with Gasteiger partial charge in [-0.1, -0.05) is 41.9 Å². The van der Waals surface area contributed by atoms with Crippen molar-refractivity contribution in [1.29, 1.82) is 0 Å². The van der Waals surface area contributed by atoms with Crippen LogP contribution >= 0.6 is 11.6 Å². The average molecular weight is 301 g/mol. The number of rotatable bonds is 4. The van der Waals surface area contributed by atoms with Gasteiger partial charge < -0.3 is 9.73 Å². The van der Waals surface area contributed by atoms with Gasteiger partial charge in [-0.2, -0.15) is 0 Å². The maximum Gasteiger partial charge on any atom is 0.249 e. The second kappa shape index (κ2) is 6.03. The van der Waals surface area contributed by atoms with Crippen molar-refractivity contribution in [2.75, 3.05) is 7.05 Å². The molecule has 106 valence electrons. The van der Waals surface area contributed by atoms with Gasteiger partial charge in [0.15, 0.2) is 0 Å². The molecule has 0 spiro atoms. The highest BCUT2D eigenvalue weighted by Gasteiger charge is 2.20. The van der Waals surface area contributed by atoms with E-state index in [-0.39, 0.29) is 6.04 Å². The second-order valence-corrected chi connectivity index (χ2v) is 4.84. The van der Waals surface area contributed by atoms with E-state index in [0.717, 1.165) is 5.56 Å². The molecule has 21 heavy (non-hydrogen) atoms.